The molecule has 0 saturated carbocycles. The molecule has 1 aromatic rings. The maximum Gasteiger partial charge on any atom is 0.328 e. The maximum absolute atomic E-state index is 11.6. The first kappa shape index (κ1) is 11.3. The Balaban J connectivity index is 2.34. The van der Waals surface area contributed by atoms with E-state index in [1.165, 1.54) is 12.7 Å². The molecule has 86 valence electrons. The summed E-state index contributed by atoms with van der Waals surface area (Å²) in [6.45, 7) is 0. The van der Waals surface area contributed by atoms with Gasteiger partial charge in [-0.25, -0.2) is 4.79 Å². The molecule has 0 amide bonds. The van der Waals surface area contributed by atoms with Crippen molar-refractivity contribution in [1.82, 2.24) is 0 Å². The molecule has 1 aliphatic heterocycles. The predicted molar refractivity (Wildman–Crippen MR) is 64.0 cm³/mol. The van der Waals surface area contributed by atoms with Gasteiger partial charge in [-0.15, -0.1) is 0 Å². The Kier molecular flexibility index (Phi) is 3.06. The summed E-state index contributed by atoms with van der Waals surface area (Å²) in [6.07, 6.45) is 1.68. The first-order valence-electron chi connectivity index (χ1n) is 5.22. The quantitative estimate of drug-likeness (QED) is 0.704. The highest BCUT2D eigenvalue weighted by atomic mass is 35.5. The fourth-order valence-electron chi connectivity index (χ4n) is 2.14. The van der Waals surface area contributed by atoms with E-state index >= 15 is 0 Å². The van der Waals surface area contributed by atoms with E-state index in [1.54, 1.807) is 0 Å². The summed E-state index contributed by atoms with van der Waals surface area (Å²) in [5.41, 5.74) is 2.25. The number of hydrogen-bond acceptors (Lipinski definition) is 3. The van der Waals surface area contributed by atoms with Crippen LogP contribution in [-0.4, -0.2) is 26.2 Å². The molecular formula is C12H14ClNO2. The van der Waals surface area contributed by atoms with Gasteiger partial charge in [-0.2, -0.15) is 0 Å². The lowest BCUT2D eigenvalue weighted by molar-refractivity contribution is -0.142. The number of anilines is 1. The Morgan fingerprint density at radius 2 is 2.31 bits per heavy atom. The molecule has 1 heterocycles. The highest BCUT2D eigenvalue weighted by Crippen LogP contribution is 2.32. The van der Waals surface area contributed by atoms with E-state index in [0.717, 1.165) is 18.5 Å². The van der Waals surface area contributed by atoms with Crippen LogP contribution in [0, 0.1) is 0 Å². The molecular weight excluding hydrogens is 226 g/mol. The standard InChI is InChI=1S/C12H14ClNO2/c1-14-10(12(15)16-2)6-4-8-3-5-9(13)7-11(8)14/h3,5,7,10H,4,6H2,1-2H3. The molecule has 1 atom stereocenters. The zero-order chi connectivity index (χ0) is 11.7. The van der Waals surface area contributed by atoms with Gasteiger partial charge in [0.25, 0.3) is 0 Å². The molecule has 0 N–H and O–H groups in total. The SMILES string of the molecule is COC(=O)C1CCc2ccc(Cl)cc2N1C. The topological polar surface area (TPSA) is 29.5 Å². The van der Waals surface area contributed by atoms with Crippen LogP contribution < -0.4 is 4.90 Å². The van der Waals surface area contributed by atoms with Crippen LogP contribution >= 0.6 is 11.6 Å². The van der Waals surface area contributed by atoms with Crippen LogP contribution in [0.15, 0.2) is 18.2 Å². The Morgan fingerprint density at radius 1 is 1.56 bits per heavy atom. The number of methoxy groups -OCH3 is 1. The lowest BCUT2D eigenvalue weighted by Crippen LogP contribution is -2.42. The van der Waals surface area contributed by atoms with Gasteiger partial charge in [-0.1, -0.05) is 17.7 Å². The van der Waals surface area contributed by atoms with Crippen molar-refractivity contribution in [3.8, 4) is 0 Å². The Labute approximate surface area is 100.0 Å². The van der Waals surface area contributed by atoms with Crippen LogP contribution in [0.1, 0.15) is 12.0 Å². The third kappa shape index (κ3) is 1.87. The van der Waals surface area contributed by atoms with Crippen LogP contribution in [0.2, 0.25) is 5.02 Å². The molecule has 4 heteroatoms. The van der Waals surface area contributed by atoms with Crippen LogP contribution in [0.25, 0.3) is 0 Å². The van der Waals surface area contributed by atoms with E-state index in [2.05, 4.69) is 0 Å². The summed E-state index contributed by atoms with van der Waals surface area (Å²) in [5.74, 6) is -0.187. The highest BCUT2D eigenvalue weighted by molar-refractivity contribution is 6.30. The van der Waals surface area contributed by atoms with Crippen LogP contribution in [0.4, 0.5) is 5.69 Å². The number of rotatable bonds is 1. The van der Waals surface area contributed by atoms with E-state index in [9.17, 15) is 4.79 Å². The zero-order valence-corrected chi connectivity index (χ0v) is 10.1. The number of carbonyl (C=O) groups excluding carboxylic acids is 1. The number of carbonyl (C=O) groups is 1. The Morgan fingerprint density at radius 3 is 3.00 bits per heavy atom. The summed E-state index contributed by atoms with van der Waals surface area (Å²) < 4.78 is 4.79. The summed E-state index contributed by atoms with van der Waals surface area (Å²) >= 11 is 5.96. The molecule has 0 bridgehead atoms. The van der Waals surface area contributed by atoms with Crippen molar-refractivity contribution in [1.29, 1.82) is 0 Å². The van der Waals surface area contributed by atoms with Gasteiger partial charge < -0.3 is 9.64 Å². The van der Waals surface area contributed by atoms with Crippen molar-refractivity contribution < 1.29 is 9.53 Å². The summed E-state index contributed by atoms with van der Waals surface area (Å²) in [6, 6.07) is 5.59. The number of halogens is 1. The monoisotopic (exact) mass is 239 g/mol. The molecule has 1 aromatic carbocycles. The van der Waals surface area contributed by atoms with Gasteiger partial charge in [0.1, 0.15) is 6.04 Å². The van der Waals surface area contributed by atoms with Gasteiger partial charge in [0.15, 0.2) is 0 Å². The lowest BCUT2D eigenvalue weighted by atomic mass is 9.96. The second-order valence-electron chi connectivity index (χ2n) is 3.96. The van der Waals surface area contributed by atoms with Crippen molar-refractivity contribution >= 4 is 23.3 Å². The van der Waals surface area contributed by atoms with E-state index in [1.807, 2.05) is 30.1 Å². The first-order chi connectivity index (χ1) is 7.63. The minimum absolute atomic E-state index is 0.187. The average Bonchev–Trinajstić information content (AvgIpc) is 2.29. The van der Waals surface area contributed by atoms with Gasteiger partial charge in [-0.3, -0.25) is 0 Å². The highest BCUT2D eigenvalue weighted by Gasteiger charge is 2.29. The summed E-state index contributed by atoms with van der Waals surface area (Å²) in [7, 11) is 3.32. The van der Waals surface area contributed by atoms with E-state index in [4.69, 9.17) is 16.3 Å². The number of esters is 1. The molecule has 1 unspecified atom stereocenters. The normalized spacial score (nSPS) is 19.2. The number of hydrogen-bond donors (Lipinski definition) is 0. The van der Waals surface area contributed by atoms with E-state index < -0.39 is 0 Å². The van der Waals surface area contributed by atoms with Crippen molar-refractivity contribution in [2.45, 2.75) is 18.9 Å². The van der Waals surface area contributed by atoms with E-state index in [-0.39, 0.29) is 12.0 Å². The predicted octanol–water partition coefficient (Wildman–Crippen LogP) is 2.26. The van der Waals surface area contributed by atoms with Crippen molar-refractivity contribution in [2.75, 3.05) is 19.1 Å². The lowest BCUT2D eigenvalue weighted by Gasteiger charge is -2.34. The van der Waals surface area contributed by atoms with Gasteiger partial charge >= 0.3 is 5.97 Å². The number of nitrogens with zero attached hydrogens (tertiary/aromatic N) is 1. The number of benzene rings is 1. The molecule has 0 aromatic heterocycles. The maximum atomic E-state index is 11.6. The van der Waals surface area contributed by atoms with Gasteiger partial charge in [0.2, 0.25) is 0 Å². The van der Waals surface area contributed by atoms with Crippen LogP contribution in [0.3, 0.4) is 0 Å². The largest absolute Gasteiger partial charge is 0.467 e. The third-order valence-electron chi connectivity index (χ3n) is 3.06. The number of ether oxygens (including phenoxy) is 1. The second kappa shape index (κ2) is 4.34. The smallest absolute Gasteiger partial charge is 0.328 e. The van der Waals surface area contributed by atoms with E-state index in [0.29, 0.717) is 5.02 Å². The van der Waals surface area contributed by atoms with Gasteiger partial charge in [-0.05, 0) is 30.5 Å². The first-order valence-corrected chi connectivity index (χ1v) is 5.60. The molecule has 1 aliphatic rings. The Bertz CT molecular complexity index is 419. The third-order valence-corrected chi connectivity index (χ3v) is 3.29. The van der Waals surface area contributed by atoms with Gasteiger partial charge in [0, 0.05) is 17.8 Å². The van der Waals surface area contributed by atoms with Crippen molar-refractivity contribution in [3.05, 3.63) is 28.8 Å². The number of likely N-dealkylation sites (N-methyl/N-ethyl adjacent to an activating group) is 1. The molecule has 0 fully saturated rings. The van der Waals surface area contributed by atoms with Crippen molar-refractivity contribution in [3.63, 3.8) is 0 Å². The van der Waals surface area contributed by atoms with Crippen LogP contribution in [-0.2, 0) is 16.0 Å². The minimum Gasteiger partial charge on any atom is -0.467 e. The Hall–Kier alpha value is -1.22. The zero-order valence-electron chi connectivity index (χ0n) is 9.37. The molecule has 16 heavy (non-hydrogen) atoms. The summed E-state index contributed by atoms with van der Waals surface area (Å²) in [5, 5.41) is 0.691. The average molecular weight is 240 g/mol. The molecule has 0 saturated heterocycles. The van der Waals surface area contributed by atoms with Crippen LogP contribution in [0.5, 0.6) is 0 Å². The van der Waals surface area contributed by atoms with Gasteiger partial charge in [0.05, 0.1) is 7.11 Å². The number of fused-ring (bicyclic) bond motifs is 1. The molecule has 0 radical (unpaired) electrons. The molecule has 0 spiro atoms. The fraction of sp³-hybridized carbons (Fsp3) is 0.417. The summed E-state index contributed by atoms with van der Waals surface area (Å²) in [4.78, 5) is 13.5. The number of aryl methyl sites for hydroxylation is 1. The fourth-order valence-corrected chi connectivity index (χ4v) is 2.31. The minimum atomic E-state index is -0.198. The molecule has 3 nitrogen and oxygen atoms in total. The molecule has 2 rings (SSSR count). The molecule has 0 aliphatic carbocycles. The van der Waals surface area contributed by atoms with Crippen molar-refractivity contribution in [2.24, 2.45) is 0 Å². The second-order valence-corrected chi connectivity index (χ2v) is 4.40.